The van der Waals surface area contributed by atoms with Crippen molar-refractivity contribution >= 4 is 0 Å². The van der Waals surface area contributed by atoms with Crippen LogP contribution in [0.4, 0.5) is 0 Å². The van der Waals surface area contributed by atoms with E-state index in [1.807, 2.05) is 12.1 Å². The molecule has 1 aromatic heterocycles. The second-order valence-corrected chi connectivity index (χ2v) is 2.90. The highest BCUT2D eigenvalue weighted by Crippen LogP contribution is 2.05. The Kier molecular flexibility index (Phi) is 4.76. The second kappa shape index (κ2) is 6.19. The van der Waals surface area contributed by atoms with Gasteiger partial charge in [0, 0.05) is 13.7 Å². The number of methoxy groups -OCH3 is 1. The van der Waals surface area contributed by atoms with Gasteiger partial charge in [0.2, 0.25) is 5.76 Å². The quantitative estimate of drug-likeness (QED) is 0.693. The van der Waals surface area contributed by atoms with Gasteiger partial charge in [0.05, 0.1) is 6.54 Å². The van der Waals surface area contributed by atoms with Gasteiger partial charge in [-0.25, -0.2) is 0 Å². The van der Waals surface area contributed by atoms with Crippen LogP contribution in [0.1, 0.15) is 17.9 Å². The SMILES string of the molecule is COCCCNCc1ccc(C#N)o1. The zero-order chi connectivity index (χ0) is 10.2. The van der Waals surface area contributed by atoms with Gasteiger partial charge < -0.3 is 14.5 Å². The maximum absolute atomic E-state index is 8.51. The van der Waals surface area contributed by atoms with Crippen LogP contribution in [0.3, 0.4) is 0 Å². The lowest BCUT2D eigenvalue weighted by Crippen LogP contribution is -2.15. The van der Waals surface area contributed by atoms with Crippen LogP contribution in [0.2, 0.25) is 0 Å². The van der Waals surface area contributed by atoms with Crippen LogP contribution in [0.5, 0.6) is 0 Å². The van der Waals surface area contributed by atoms with E-state index in [4.69, 9.17) is 14.4 Å². The van der Waals surface area contributed by atoms with E-state index in [1.54, 1.807) is 13.2 Å². The van der Waals surface area contributed by atoms with Gasteiger partial charge in [-0.1, -0.05) is 0 Å². The summed E-state index contributed by atoms with van der Waals surface area (Å²) >= 11 is 0. The topological polar surface area (TPSA) is 58.2 Å². The summed E-state index contributed by atoms with van der Waals surface area (Å²) in [6.07, 6.45) is 0.975. The van der Waals surface area contributed by atoms with E-state index >= 15 is 0 Å². The molecule has 0 aliphatic carbocycles. The van der Waals surface area contributed by atoms with Crippen molar-refractivity contribution in [2.75, 3.05) is 20.3 Å². The first-order chi connectivity index (χ1) is 6.86. The molecule has 0 atom stereocenters. The molecule has 0 bridgehead atoms. The summed E-state index contributed by atoms with van der Waals surface area (Å²) in [5, 5.41) is 11.7. The zero-order valence-corrected chi connectivity index (χ0v) is 8.25. The van der Waals surface area contributed by atoms with E-state index in [9.17, 15) is 0 Å². The Hall–Kier alpha value is -1.31. The van der Waals surface area contributed by atoms with Gasteiger partial charge in [0.25, 0.3) is 0 Å². The average molecular weight is 194 g/mol. The smallest absolute Gasteiger partial charge is 0.203 e. The second-order valence-electron chi connectivity index (χ2n) is 2.90. The first-order valence-electron chi connectivity index (χ1n) is 4.55. The Bertz CT molecular complexity index is 301. The molecule has 0 unspecified atom stereocenters. The van der Waals surface area contributed by atoms with Crippen LogP contribution < -0.4 is 5.32 Å². The van der Waals surface area contributed by atoms with Crippen LogP contribution in [-0.2, 0) is 11.3 Å². The third-order valence-corrected chi connectivity index (χ3v) is 1.77. The summed E-state index contributed by atoms with van der Waals surface area (Å²) in [6, 6.07) is 5.42. The molecule has 0 spiro atoms. The Morgan fingerprint density at radius 1 is 1.57 bits per heavy atom. The highest BCUT2D eigenvalue weighted by Gasteiger charge is 1.99. The fourth-order valence-corrected chi connectivity index (χ4v) is 1.09. The molecule has 14 heavy (non-hydrogen) atoms. The molecule has 4 heteroatoms. The lowest BCUT2D eigenvalue weighted by atomic mass is 10.4. The zero-order valence-electron chi connectivity index (χ0n) is 8.25. The maximum atomic E-state index is 8.51. The van der Waals surface area contributed by atoms with Crippen LogP contribution >= 0.6 is 0 Å². The summed E-state index contributed by atoms with van der Waals surface area (Å²) in [7, 11) is 1.69. The predicted octanol–water partition coefficient (Wildman–Crippen LogP) is 1.28. The van der Waals surface area contributed by atoms with Crippen molar-refractivity contribution in [1.82, 2.24) is 5.32 Å². The number of nitriles is 1. The predicted molar refractivity (Wildman–Crippen MR) is 51.6 cm³/mol. The number of hydrogen-bond donors (Lipinski definition) is 1. The molecule has 76 valence electrons. The van der Waals surface area contributed by atoms with Gasteiger partial charge in [-0.3, -0.25) is 0 Å². The molecular formula is C10H14N2O2. The van der Waals surface area contributed by atoms with Gasteiger partial charge in [-0.2, -0.15) is 5.26 Å². The molecule has 0 radical (unpaired) electrons. The number of furan rings is 1. The third-order valence-electron chi connectivity index (χ3n) is 1.77. The van der Waals surface area contributed by atoms with Crippen molar-refractivity contribution in [3.63, 3.8) is 0 Å². The van der Waals surface area contributed by atoms with E-state index in [0.717, 1.165) is 25.3 Å². The third kappa shape index (κ3) is 3.60. The Morgan fingerprint density at radius 3 is 3.07 bits per heavy atom. The molecule has 1 N–H and O–H groups in total. The average Bonchev–Trinajstić information content (AvgIpc) is 2.65. The molecule has 0 fully saturated rings. The van der Waals surface area contributed by atoms with Crippen LogP contribution in [0.15, 0.2) is 16.5 Å². The monoisotopic (exact) mass is 194 g/mol. The molecule has 0 aliphatic rings. The largest absolute Gasteiger partial charge is 0.449 e. The van der Waals surface area contributed by atoms with Gasteiger partial charge in [0.15, 0.2) is 0 Å². The highest BCUT2D eigenvalue weighted by molar-refractivity contribution is 5.18. The summed E-state index contributed by atoms with van der Waals surface area (Å²) < 4.78 is 10.1. The number of rotatable bonds is 6. The summed E-state index contributed by atoms with van der Waals surface area (Å²) in [5.74, 6) is 1.15. The standard InChI is InChI=1S/C10H14N2O2/c1-13-6-2-5-12-8-10-4-3-9(7-11)14-10/h3-4,12H,2,5-6,8H2,1H3. The number of nitrogens with one attached hydrogen (secondary N) is 1. The fourth-order valence-electron chi connectivity index (χ4n) is 1.09. The molecule has 0 saturated carbocycles. The van der Waals surface area contributed by atoms with Crippen molar-refractivity contribution in [3.05, 3.63) is 23.7 Å². The molecule has 0 amide bonds. The maximum Gasteiger partial charge on any atom is 0.203 e. The summed E-state index contributed by atoms with van der Waals surface area (Å²) in [4.78, 5) is 0. The van der Waals surface area contributed by atoms with E-state index in [1.165, 1.54) is 0 Å². The van der Waals surface area contributed by atoms with Crippen molar-refractivity contribution in [2.24, 2.45) is 0 Å². The summed E-state index contributed by atoms with van der Waals surface area (Å²) in [5.41, 5.74) is 0. The van der Waals surface area contributed by atoms with Crippen molar-refractivity contribution in [3.8, 4) is 6.07 Å². The molecule has 4 nitrogen and oxygen atoms in total. The first kappa shape index (κ1) is 10.8. The van der Waals surface area contributed by atoms with E-state index in [0.29, 0.717) is 12.3 Å². The highest BCUT2D eigenvalue weighted by atomic mass is 16.5. The lowest BCUT2D eigenvalue weighted by Gasteiger charge is -2.01. The molecular weight excluding hydrogens is 180 g/mol. The van der Waals surface area contributed by atoms with E-state index in [-0.39, 0.29) is 0 Å². The van der Waals surface area contributed by atoms with Gasteiger partial charge in [-0.05, 0) is 25.1 Å². The Morgan fingerprint density at radius 2 is 2.43 bits per heavy atom. The van der Waals surface area contributed by atoms with E-state index < -0.39 is 0 Å². The lowest BCUT2D eigenvalue weighted by molar-refractivity contribution is 0.194. The Labute approximate surface area is 83.5 Å². The van der Waals surface area contributed by atoms with Crippen LogP contribution in [0, 0.1) is 11.3 Å². The molecule has 1 rings (SSSR count). The normalized spacial score (nSPS) is 10.0. The van der Waals surface area contributed by atoms with Gasteiger partial charge in [-0.15, -0.1) is 0 Å². The summed E-state index contributed by atoms with van der Waals surface area (Å²) in [6.45, 7) is 2.30. The molecule has 0 aromatic carbocycles. The minimum atomic E-state index is 0.360. The molecule has 1 heterocycles. The van der Waals surface area contributed by atoms with Gasteiger partial charge in [0.1, 0.15) is 11.8 Å². The van der Waals surface area contributed by atoms with Gasteiger partial charge >= 0.3 is 0 Å². The Balaban J connectivity index is 2.16. The van der Waals surface area contributed by atoms with Crippen LogP contribution in [-0.4, -0.2) is 20.3 Å². The van der Waals surface area contributed by atoms with Crippen molar-refractivity contribution in [2.45, 2.75) is 13.0 Å². The molecule has 0 saturated heterocycles. The molecule has 1 aromatic rings. The minimum Gasteiger partial charge on any atom is -0.449 e. The van der Waals surface area contributed by atoms with Crippen molar-refractivity contribution in [1.29, 1.82) is 5.26 Å². The van der Waals surface area contributed by atoms with Crippen molar-refractivity contribution < 1.29 is 9.15 Å². The first-order valence-corrected chi connectivity index (χ1v) is 4.55. The fraction of sp³-hybridized carbons (Fsp3) is 0.500. The van der Waals surface area contributed by atoms with E-state index in [2.05, 4.69) is 5.32 Å². The number of ether oxygens (including phenoxy) is 1. The van der Waals surface area contributed by atoms with Crippen LogP contribution in [0.25, 0.3) is 0 Å². The minimum absolute atomic E-state index is 0.360. The number of nitrogens with zero attached hydrogens (tertiary/aromatic N) is 1. The number of hydrogen-bond acceptors (Lipinski definition) is 4. The molecule has 0 aliphatic heterocycles.